The second-order valence-electron chi connectivity index (χ2n) is 5.97. The highest BCUT2D eigenvalue weighted by atomic mass is 32.1. The molecule has 0 bridgehead atoms. The van der Waals surface area contributed by atoms with Crippen LogP contribution in [0, 0.1) is 5.41 Å². The lowest BCUT2D eigenvalue weighted by atomic mass is 10.0. The summed E-state index contributed by atoms with van der Waals surface area (Å²) in [5.41, 5.74) is 6.18. The van der Waals surface area contributed by atoms with Crippen LogP contribution in [-0.2, 0) is 0 Å². The number of nitrogen functional groups attached to an aromatic ring is 1. The number of thiazole rings is 1. The van der Waals surface area contributed by atoms with Crippen LogP contribution in [0.1, 0.15) is 56.1 Å². The van der Waals surface area contributed by atoms with E-state index in [1.54, 1.807) is 0 Å². The molecule has 0 spiro atoms. The van der Waals surface area contributed by atoms with Crippen molar-refractivity contribution >= 4 is 28.2 Å². The molecule has 5 nitrogen and oxygen atoms in total. The largest absolute Gasteiger partial charge is 0.382 e. The van der Waals surface area contributed by atoms with Crippen LogP contribution >= 0.6 is 11.3 Å². The molecule has 0 aliphatic heterocycles. The number of hydrogen-bond donors (Lipinski definition) is 3. The van der Waals surface area contributed by atoms with E-state index in [4.69, 9.17) is 5.73 Å². The Morgan fingerprint density at radius 3 is 2.75 bits per heavy atom. The predicted octanol–water partition coefficient (Wildman–Crippen LogP) is 2.86. The summed E-state index contributed by atoms with van der Waals surface area (Å²) in [6, 6.07) is 0.274. The molecule has 1 amide bonds. The Morgan fingerprint density at radius 2 is 2.20 bits per heavy atom. The Bertz CT molecular complexity index is 480. The fourth-order valence-electron chi connectivity index (χ4n) is 2.37. The first kappa shape index (κ1) is 15.1. The molecule has 1 aromatic rings. The molecule has 1 aliphatic carbocycles. The third-order valence-corrected chi connectivity index (χ3v) is 4.63. The van der Waals surface area contributed by atoms with Crippen LogP contribution < -0.4 is 16.4 Å². The third kappa shape index (κ3) is 3.62. The maximum atomic E-state index is 12.2. The van der Waals surface area contributed by atoms with Gasteiger partial charge in [0, 0.05) is 12.6 Å². The monoisotopic (exact) mass is 296 g/mol. The summed E-state index contributed by atoms with van der Waals surface area (Å²) in [6.45, 7) is 6.99. The van der Waals surface area contributed by atoms with Crippen LogP contribution in [0.3, 0.4) is 0 Å². The summed E-state index contributed by atoms with van der Waals surface area (Å²) in [5.74, 6) is 0.218. The molecule has 0 radical (unpaired) electrons. The topological polar surface area (TPSA) is 80.0 Å². The van der Waals surface area contributed by atoms with E-state index >= 15 is 0 Å². The molecule has 20 heavy (non-hydrogen) atoms. The fraction of sp³-hybridized carbons (Fsp3) is 0.714. The zero-order valence-electron chi connectivity index (χ0n) is 12.5. The van der Waals surface area contributed by atoms with Crippen molar-refractivity contribution in [1.29, 1.82) is 0 Å². The van der Waals surface area contributed by atoms with Crippen LogP contribution in [-0.4, -0.2) is 23.5 Å². The number of amides is 1. The number of aromatic nitrogens is 1. The van der Waals surface area contributed by atoms with Gasteiger partial charge in [0.25, 0.3) is 5.91 Å². The maximum absolute atomic E-state index is 12.2. The quantitative estimate of drug-likeness (QED) is 0.723. The van der Waals surface area contributed by atoms with Gasteiger partial charge in [-0.05, 0) is 38.5 Å². The number of hydrogen-bond acceptors (Lipinski definition) is 5. The number of nitrogens with zero attached hydrogens (tertiary/aromatic N) is 1. The highest BCUT2D eigenvalue weighted by Crippen LogP contribution is 2.49. The number of carbonyl (C=O) groups is 1. The molecule has 1 aromatic heterocycles. The lowest BCUT2D eigenvalue weighted by Crippen LogP contribution is -2.30. The average Bonchev–Trinajstić information content (AvgIpc) is 3.03. The van der Waals surface area contributed by atoms with E-state index in [9.17, 15) is 4.79 Å². The van der Waals surface area contributed by atoms with E-state index in [1.807, 2.05) is 13.8 Å². The second kappa shape index (κ2) is 5.99. The predicted molar refractivity (Wildman–Crippen MR) is 84.2 cm³/mol. The molecule has 4 N–H and O–H groups in total. The SMILES string of the molecule is CCCC1(CNC(=O)c2sc(NC(C)C)nc2N)CC1. The van der Waals surface area contributed by atoms with Crippen molar-refractivity contribution in [2.45, 2.75) is 52.5 Å². The number of rotatable bonds is 7. The van der Waals surface area contributed by atoms with Gasteiger partial charge in [0.2, 0.25) is 0 Å². The van der Waals surface area contributed by atoms with Crippen molar-refractivity contribution in [1.82, 2.24) is 10.3 Å². The number of nitrogens with one attached hydrogen (secondary N) is 2. The van der Waals surface area contributed by atoms with Gasteiger partial charge in [-0.1, -0.05) is 24.7 Å². The van der Waals surface area contributed by atoms with Crippen molar-refractivity contribution in [2.75, 3.05) is 17.6 Å². The van der Waals surface area contributed by atoms with Gasteiger partial charge in [0.05, 0.1) is 0 Å². The zero-order chi connectivity index (χ0) is 14.8. The first-order valence-electron chi connectivity index (χ1n) is 7.27. The summed E-state index contributed by atoms with van der Waals surface area (Å²) >= 11 is 1.32. The van der Waals surface area contributed by atoms with Crippen molar-refractivity contribution in [3.8, 4) is 0 Å². The van der Waals surface area contributed by atoms with Crippen LogP contribution in [0.4, 0.5) is 10.9 Å². The lowest BCUT2D eigenvalue weighted by Gasteiger charge is -2.14. The Morgan fingerprint density at radius 1 is 1.50 bits per heavy atom. The van der Waals surface area contributed by atoms with Crippen molar-refractivity contribution in [3.63, 3.8) is 0 Å². The minimum atomic E-state index is -0.0980. The second-order valence-corrected chi connectivity index (χ2v) is 6.96. The Hall–Kier alpha value is -1.30. The smallest absolute Gasteiger partial charge is 0.265 e. The van der Waals surface area contributed by atoms with E-state index in [0.29, 0.717) is 21.2 Å². The van der Waals surface area contributed by atoms with Gasteiger partial charge < -0.3 is 16.4 Å². The van der Waals surface area contributed by atoms with E-state index in [-0.39, 0.29) is 11.9 Å². The molecule has 2 rings (SSSR count). The first-order chi connectivity index (χ1) is 9.46. The minimum absolute atomic E-state index is 0.0980. The number of anilines is 2. The van der Waals surface area contributed by atoms with E-state index < -0.39 is 0 Å². The molecular formula is C14H24N4OS. The van der Waals surface area contributed by atoms with Gasteiger partial charge in [-0.25, -0.2) is 4.98 Å². The zero-order valence-corrected chi connectivity index (χ0v) is 13.3. The highest BCUT2D eigenvalue weighted by molar-refractivity contribution is 7.18. The molecular weight excluding hydrogens is 272 g/mol. The van der Waals surface area contributed by atoms with Crippen molar-refractivity contribution < 1.29 is 4.79 Å². The molecule has 1 fully saturated rings. The number of carbonyl (C=O) groups excluding carboxylic acids is 1. The highest BCUT2D eigenvalue weighted by Gasteiger charge is 2.41. The Balaban J connectivity index is 1.94. The van der Waals surface area contributed by atoms with Gasteiger partial charge in [0.1, 0.15) is 10.7 Å². The minimum Gasteiger partial charge on any atom is -0.382 e. The Kier molecular flexibility index (Phi) is 4.52. The average molecular weight is 296 g/mol. The summed E-state index contributed by atoms with van der Waals surface area (Å²) in [4.78, 5) is 16.9. The molecule has 1 aliphatic rings. The van der Waals surface area contributed by atoms with Crippen LogP contribution in [0.15, 0.2) is 0 Å². The normalized spacial score (nSPS) is 16.2. The molecule has 6 heteroatoms. The van der Waals surface area contributed by atoms with Crippen LogP contribution in [0.2, 0.25) is 0 Å². The summed E-state index contributed by atoms with van der Waals surface area (Å²) in [5, 5.41) is 6.90. The molecule has 0 atom stereocenters. The van der Waals surface area contributed by atoms with Crippen LogP contribution in [0.25, 0.3) is 0 Å². The standard InChI is InChI=1S/C14H24N4OS/c1-4-5-14(6-7-14)8-16-12(19)10-11(15)18-13(20-10)17-9(2)3/h9H,4-8,15H2,1-3H3,(H,16,19)(H,17,18). The molecule has 0 saturated heterocycles. The maximum Gasteiger partial charge on any atom is 0.265 e. The van der Waals surface area contributed by atoms with Gasteiger partial charge in [-0.15, -0.1) is 0 Å². The summed E-state index contributed by atoms with van der Waals surface area (Å²) in [7, 11) is 0. The van der Waals surface area contributed by atoms with Crippen molar-refractivity contribution in [2.24, 2.45) is 5.41 Å². The van der Waals surface area contributed by atoms with Crippen LogP contribution in [0.5, 0.6) is 0 Å². The molecule has 112 valence electrons. The van der Waals surface area contributed by atoms with Gasteiger partial charge >= 0.3 is 0 Å². The van der Waals surface area contributed by atoms with E-state index in [1.165, 1.54) is 37.0 Å². The lowest BCUT2D eigenvalue weighted by molar-refractivity contribution is 0.0948. The van der Waals surface area contributed by atoms with E-state index in [2.05, 4.69) is 22.5 Å². The number of nitrogens with two attached hydrogens (primary N) is 1. The molecule has 0 unspecified atom stereocenters. The first-order valence-corrected chi connectivity index (χ1v) is 8.08. The Labute approximate surface area is 124 Å². The van der Waals surface area contributed by atoms with E-state index in [0.717, 1.165) is 6.54 Å². The van der Waals surface area contributed by atoms with Crippen molar-refractivity contribution in [3.05, 3.63) is 4.88 Å². The summed E-state index contributed by atoms with van der Waals surface area (Å²) < 4.78 is 0. The molecule has 1 heterocycles. The fourth-order valence-corrected chi connectivity index (χ4v) is 3.32. The van der Waals surface area contributed by atoms with Gasteiger partial charge in [0.15, 0.2) is 5.13 Å². The molecule has 1 saturated carbocycles. The molecule has 0 aromatic carbocycles. The van der Waals surface area contributed by atoms with Gasteiger partial charge in [-0.2, -0.15) is 0 Å². The summed E-state index contributed by atoms with van der Waals surface area (Å²) in [6.07, 6.45) is 4.80. The third-order valence-electron chi connectivity index (χ3n) is 3.63. The van der Waals surface area contributed by atoms with Gasteiger partial charge in [-0.3, -0.25) is 4.79 Å².